The first-order chi connectivity index (χ1) is 8.81. The summed E-state index contributed by atoms with van der Waals surface area (Å²) in [4.78, 5) is 0. The van der Waals surface area contributed by atoms with Gasteiger partial charge in [-0.3, -0.25) is 0 Å². The fraction of sp³-hybridized carbons (Fsp3) is 0.333. The van der Waals surface area contributed by atoms with E-state index in [-0.39, 0.29) is 12.0 Å². The molecule has 0 spiro atoms. The van der Waals surface area contributed by atoms with Crippen molar-refractivity contribution in [2.24, 2.45) is 0 Å². The fourth-order valence-corrected chi connectivity index (χ4v) is 2.24. The van der Waals surface area contributed by atoms with Gasteiger partial charge in [0.1, 0.15) is 11.5 Å². The molecule has 94 valence electrons. The third-order valence-corrected chi connectivity index (χ3v) is 3.20. The molecule has 1 fully saturated rings. The number of phenols is 1. The van der Waals surface area contributed by atoms with Crippen LogP contribution >= 0.6 is 0 Å². The molecule has 1 aliphatic heterocycles. The minimum Gasteiger partial charge on any atom is -0.508 e. The van der Waals surface area contributed by atoms with Crippen LogP contribution in [0.5, 0.6) is 11.5 Å². The quantitative estimate of drug-likeness (QED) is 0.879. The molecule has 1 saturated heterocycles. The Hall–Kier alpha value is -1.74. The average molecular weight is 244 g/mol. The number of aromatic hydroxyl groups is 1. The van der Waals surface area contributed by atoms with Gasteiger partial charge in [0.25, 0.3) is 0 Å². The zero-order valence-electron chi connectivity index (χ0n) is 10.1. The molecular weight excluding hydrogens is 228 g/mol. The molecule has 0 bridgehead atoms. The van der Waals surface area contributed by atoms with Gasteiger partial charge in [0.05, 0.1) is 6.61 Å². The molecule has 1 N–H and O–H groups in total. The lowest BCUT2D eigenvalue weighted by Crippen LogP contribution is -2.24. The van der Waals surface area contributed by atoms with E-state index < -0.39 is 0 Å². The Morgan fingerprint density at radius 2 is 1.89 bits per heavy atom. The molecular formula is C15H16O3. The van der Waals surface area contributed by atoms with E-state index >= 15 is 0 Å². The van der Waals surface area contributed by atoms with Crippen LogP contribution < -0.4 is 4.74 Å². The number of phenolic OH excluding ortho intramolecular Hbond substituents is 1. The summed E-state index contributed by atoms with van der Waals surface area (Å²) in [6.45, 7) is 0.784. The van der Waals surface area contributed by atoms with Gasteiger partial charge < -0.3 is 14.6 Å². The summed E-state index contributed by atoms with van der Waals surface area (Å²) >= 11 is 0. The highest BCUT2D eigenvalue weighted by Gasteiger charge is 2.15. The Kier molecular flexibility index (Phi) is 3.07. The summed E-state index contributed by atoms with van der Waals surface area (Å²) in [6.07, 6.45) is 3.12. The van der Waals surface area contributed by atoms with Crippen molar-refractivity contribution >= 4 is 10.8 Å². The van der Waals surface area contributed by atoms with Gasteiger partial charge in [-0.1, -0.05) is 12.1 Å². The van der Waals surface area contributed by atoms with E-state index in [0.717, 1.165) is 42.4 Å². The molecule has 0 saturated carbocycles. The van der Waals surface area contributed by atoms with Gasteiger partial charge in [-0.2, -0.15) is 0 Å². The van der Waals surface area contributed by atoms with E-state index in [0.29, 0.717) is 0 Å². The first kappa shape index (κ1) is 11.4. The second-order valence-corrected chi connectivity index (χ2v) is 4.61. The van der Waals surface area contributed by atoms with Crippen LogP contribution in [-0.4, -0.2) is 18.0 Å². The molecule has 0 aliphatic carbocycles. The second-order valence-electron chi connectivity index (χ2n) is 4.61. The first-order valence-electron chi connectivity index (χ1n) is 6.32. The number of rotatable bonds is 2. The zero-order chi connectivity index (χ0) is 12.4. The minimum absolute atomic E-state index is 0.117. The maximum Gasteiger partial charge on any atom is 0.199 e. The molecule has 1 heterocycles. The van der Waals surface area contributed by atoms with E-state index in [4.69, 9.17) is 9.47 Å². The highest BCUT2D eigenvalue weighted by molar-refractivity contribution is 5.85. The van der Waals surface area contributed by atoms with Crippen LogP contribution in [0.1, 0.15) is 19.3 Å². The Morgan fingerprint density at radius 1 is 1.06 bits per heavy atom. The molecule has 3 rings (SSSR count). The predicted molar refractivity (Wildman–Crippen MR) is 69.8 cm³/mol. The van der Waals surface area contributed by atoms with Crippen LogP contribution in [0.4, 0.5) is 0 Å². The van der Waals surface area contributed by atoms with Crippen molar-refractivity contribution in [3.8, 4) is 11.5 Å². The second kappa shape index (κ2) is 4.86. The maximum absolute atomic E-state index is 9.41. The van der Waals surface area contributed by atoms with E-state index in [9.17, 15) is 5.11 Å². The lowest BCUT2D eigenvalue weighted by atomic mass is 10.1. The van der Waals surface area contributed by atoms with Crippen molar-refractivity contribution in [3.63, 3.8) is 0 Å². The van der Waals surface area contributed by atoms with Gasteiger partial charge in [0.2, 0.25) is 0 Å². The molecule has 1 unspecified atom stereocenters. The molecule has 2 aromatic rings. The molecule has 0 aromatic heterocycles. The average Bonchev–Trinajstić information content (AvgIpc) is 2.40. The standard InChI is InChI=1S/C15H16O3/c16-13-6-4-12-10-14(7-5-11(12)9-13)18-15-3-1-2-8-17-15/h4-7,9-10,15-16H,1-3,8H2. The van der Waals surface area contributed by atoms with Crippen molar-refractivity contribution in [2.75, 3.05) is 6.61 Å². The van der Waals surface area contributed by atoms with Gasteiger partial charge in [-0.25, -0.2) is 0 Å². The summed E-state index contributed by atoms with van der Waals surface area (Å²) in [6, 6.07) is 11.2. The monoisotopic (exact) mass is 244 g/mol. The van der Waals surface area contributed by atoms with Crippen molar-refractivity contribution in [2.45, 2.75) is 25.6 Å². The van der Waals surface area contributed by atoms with Gasteiger partial charge in [-0.15, -0.1) is 0 Å². The number of fused-ring (bicyclic) bond motifs is 1. The van der Waals surface area contributed by atoms with Crippen molar-refractivity contribution in [1.29, 1.82) is 0 Å². The highest BCUT2D eigenvalue weighted by Crippen LogP contribution is 2.26. The van der Waals surface area contributed by atoms with E-state index in [1.54, 1.807) is 12.1 Å². The molecule has 1 atom stereocenters. The smallest absolute Gasteiger partial charge is 0.199 e. The van der Waals surface area contributed by atoms with Crippen LogP contribution in [0.3, 0.4) is 0 Å². The largest absolute Gasteiger partial charge is 0.508 e. The van der Waals surface area contributed by atoms with Crippen LogP contribution in [0.15, 0.2) is 36.4 Å². The summed E-state index contributed by atoms with van der Waals surface area (Å²) in [5.41, 5.74) is 0. The van der Waals surface area contributed by atoms with Crippen LogP contribution in [0, 0.1) is 0 Å². The summed E-state index contributed by atoms with van der Waals surface area (Å²) < 4.78 is 11.4. The van der Waals surface area contributed by atoms with Crippen molar-refractivity contribution < 1.29 is 14.6 Å². The highest BCUT2D eigenvalue weighted by atomic mass is 16.7. The summed E-state index contributed by atoms with van der Waals surface area (Å²) in [5, 5.41) is 11.5. The molecule has 3 nitrogen and oxygen atoms in total. The molecule has 0 amide bonds. The van der Waals surface area contributed by atoms with E-state index in [1.807, 2.05) is 24.3 Å². The number of hydrogen-bond acceptors (Lipinski definition) is 3. The lowest BCUT2D eigenvalue weighted by molar-refractivity contribution is -0.105. The SMILES string of the molecule is Oc1ccc2cc(OC3CCCCO3)ccc2c1. The van der Waals surface area contributed by atoms with Gasteiger partial charge in [0.15, 0.2) is 6.29 Å². The molecule has 3 heteroatoms. The predicted octanol–water partition coefficient (Wildman–Crippen LogP) is 3.45. The summed E-state index contributed by atoms with van der Waals surface area (Å²) in [5.74, 6) is 1.10. The first-order valence-corrected chi connectivity index (χ1v) is 6.32. The third kappa shape index (κ3) is 2.41. The number of benzene rings is 2. The van der Waals surface area contributed by atoms with Gasteiger partial charge in [0, 0.05) is 6.42 Å². The van der Waals surface area contributed by atoms with Crippen LogP contribution in [0.25, 0.3) is 10.8 Å². The molecule has 0 radical (unpaired) electrons. The Bertz CT molecular complexity index is 544. The Labute approximate surface area is 106 Å². The van der Waals surface area contributed by atoms with Gasteiger partial charge >= 0.3 is 0 Å². The molecule has 18 heavy (non-hydrogen) atoms. The maximum atomic E-state index is 9.41. The van der Waals surface area contributed by atoms with Gasteiger partial charge in [-0.05, 0) is 47.9 Å². The number of ether oxygens (including phenoxy) is 2. The van der Waals surface area contributed by atoms with Crippen LogP contribution in [0.2, 0.25) is 0 Å². The Balaban J connectivity index is 1.82. The topological polar surface area (TPSA) is 38.7 Å². The van der Waals surface area contributed by atoms with E-state index in [2.05, 4.69) is 0 Å². The van der Waals surface area contributed by atoms with Crippen molar-refractivity contribution in [3.05, 3.63) is 36.4 Å². The van der Waals surface area contributed by atoms with E-state index in [1.165, 1.54) is 0 Å². The normalized spacial score (nSPS) is 19.9. The summed E-state index contributed by atoms with van der Waals surface area (Å²) in [7, 11) is 0. The molecule has 2 aromatic carbocycles. The zero-order valence-corrected chi connectivity index (χ0v) is 10.1. The van der Waals surface area contributed by atoms with Crippen molar-refractivity contribution in [1.82, 2.24) is 0 Å². The van der Waals surface area contributed by atoms with Crippen LogP contribution in [-0.2, 0) is 4.74 Å². The number of hydrogen-bond donors (Lipinski definition) is 1. The Morgan fingerprint density at radius 3 is 2.72 bits per heavy atom. The minimum atomic E-state index is -0.117. The molecule has 1 aliphatic rings. The lowest BCUT2D eigenvalue weighted by Gasteiger charge is -2.23. The fourth-order valence-electron chi connectivity index (χ4n) is 2.24. The third-order valence-electron chi connectivity index (χ3n) is 3.20.